The molecule has 0 fully saturated rings. The van der Waals surface area contributed by atoms with Crippen molar-refractivity contribution in [2.24, 2.45) is 0 Å². The van der Waals surface area contributed by atoms with Gasteiger partial charge in [0, 0.05) is 11.5 Å². The molecule has 0 aromatic heterocycles. The third-order valence-corrected chi connectivity index (χ3v) is 4.29. The van der Waals surface area contributed by atoms with Crippen molar-refractivity contribution in [1.29, 1.82) is 0 Å². The highest BCUT2D eigenvalue weighted by atomic mass is 16.6. The van der Waals surface area contributed by atoms with Crippen LogP contribution in [0.2, 0.25) is 0 Å². The van der Waals surface area contributed by atoms with Crippen LogP contribution in [0.3, 0.4) is 0 Å². The summed E-state index contributed by atoms with van der Waals surface area (Å²) in [5.41, 5.74) is 3.47. The first kappa shape index (κ1) is 16.3. The van der Waals surface area contributed by atoms with Gasteiger partial charge in [-0.1, -0.05) is 63.2 Å². The fraction of sp³-hybridized carbons (Fsp3) is 0.286. The van der Waals surface area contributed by atoms with Gasteiger partial charge in [0.15, 0.2) is 0 Å². The summed E-state index contributed by atoms with van der Waals surface area (Å²) in [5, 5.41) is 0. The molecule has 0 saturated heterocycles. The molecule has 0 N–H and O–H groups in total. The topological polar surface area (TPSA) is 35.5 Å². The second kappa shape index (κ2) is 6.16. The van der Waals surface area contributed by atoms with Gasteiger partial charge < -0.3 is 9.47 Å². The zero-order valence-electron chi connectivity index (χ0n) is 14.5. The van der Waals surface area contributed by atoms with Gasteiger partial charge in [-0.2, -0.15) is 0 Å². The van der Waals surface area contributed by atoms with E-state index in [0.29, 0.717) is 5.75 Å². The number of hydrogen-bond donors (Lipinski definition) is 0. The number of fused-ring (bicyclic) bond motifs is 1. The lowest BCUT2D eigenvalue weighted by Gasteiger charge is -2.27. The number of rotatable bonds is 2. The minimum absolute atomic E-state index is 0.0358. The van der Waals surface area contributed by atoms with Crippen molar-refractivity contribution in [3.05, 3.63) is 77.1 Å². The van der Waals surface area contributed by atoms with Crippen LogP contribution in [0, 0.1) is 0 Å². The minimum atomic E-state index is -0.457. The van der Waals surface area contributed by atoms with Crippen molar-refractivity contribution in [2.75, 3.05) is 7.11 Å². The van der Waals surface area contributed by atoms with Gasteiger partial charge in [0.25, 0.3) is 0 Å². The minimum Gasteiger partial charge on any atom is -0.463 e. The Kier molecular flexibility index (Phi) is 4.18. The molecule has 2 aromatic rings. The van der Waals surface area contributed by atoms with Crippen LogP contribution in [-0.2, 0) is 14.9 Å². The molecule has 0 unspecified atom stereocenters. The van der Waals surface area contributed by atoms with Crippen molar-refractivity contribution >= 4 is 5.97 Å². The number of hydrogen-bond acceptors (Lipinski definition) is 3. The molecule has 0 radical (unpaired) electrons. The third kappa shape index (κ3) is 3.07. The Morgan fingerprint density at radius 2 is 1.79 bits per heavy atom. The fourth-order valence-corrected chi connectivity index (χ4v) is 2.89. The van der Waals surface area contributed by atoms with Crippen molar-refractivity contribution in [2.45, 2.75) is 32.1 Å². The molecule has 1 atom stereocenters. The highest BCUT2D eigenvalue weighted by molar-refractivity contribution is 5.87. The Labute approximate surface area is 142 Å². The summed E-state index contributed by atoms with van der Waals surface area (Å²) in [7, 11) is 1.36. The van der Waals surface area contributed by atoms with E-state index < -0.39 is 5.97 Å². The molecule has 0 saturated carbocycles. The molecule has 0 amide bonds. The normalized spacial score (nSPS) is 16.7. The van der Waals surface area contributed by atoms with E-state index >= 15 is 0 Å². The molecular formula is C21H22O3. The maximum Gasteiger partial charge on any atom is 0.373 e. The number of esters is 1. The highest BCUT2D eigenvalue weighted by Crippen LogP contribution is 2.40. The van der Waals surface area contributed by atoms with Gasteiger partial charge in [0.2, 0.25) is 5.76 Å². The number of carbonyl (C=O) groups excluding carboxylic acids is 1. The Hall–Kier alpha value is -2.55. The second-order valence-corrected chi connectivity index (χ2v) is 7.02. The van der Waals surface area contributed by atoms with Crippen molar-refractivity contribution in [3.8, 4) is 5.75 Å². The second-order valence-electron chi connectivity index (χ2n) is 7.02. The Bertz CT molecular complexity index is 782. The Morgan fingerprint density at radius 3 is 2.42 bits per heavy atom. The lowest BCUT2D eigenvalue weighted by molar-refractivity contribution is -0.138. The van der Waals surface area contributed by atoms with E-state index in [0.717, 1.165) is 11.1 Å². The summed E-state index contributed by atoms with van der Waals surface area (Å²) in [5.74, 6) is 0.454. The quantitative estimate of drug-likeness (QED) is 0.760. The van der Waals surface area contributed by atoms with Crippen molar-refractivity contribution in [1.82, 2.24) is 0 Å². The molecule has 0 aliphatic carbocycles. The van der Waals surface area contributed by atoms with Crippen LogP contribution in [0.15, 0.2) is 60.4 Å². The lowest BCUT2D eigenvalue weighted by atomic mass is 9.82. The molecule has 0 spiro atoms. The van der Waals surface area contributed by atoms with Crippen LogP contribution in [0.25, 0.3) is 0 Å². The lowest BCUT2D eigenvalue weighted by Crippen LogP contribution is -2.19. The molecule has 124 valence electrons. The van der Waals surface area contributed by atoms with E-state index in [1.807, 2.05) is 30.3 Å². The fourth-order valence-electron chi connectivity index (χ4n) is 2.89. The van der Waals surface area contributed by atoms with Crippen molar-refractivity contribution < 1.29 is 14.3 Å². The van der Waals surface area contributed by atoms with Crippen molar-refractivity contribution in [3.63, 3.8) is 0 Å². The van der Waals surface area contributed by atoms with Gasteiger partial charge in [-0.05, 0) is 28.7 Å². The average Bonchev–Trinajstić information content (AvgIpc) is 2.59. The number of ether oxygens (including phenoxy) is 2. The summed E-state index contributed by atoms with van der Waals surface area (Å²) in [6.45, 7) is 6.56. The van der Waals surface area contributed by atoms with Crippen LogP contribution in [0.5, 0.6) is 5.75 Å². The third-order valence-electron chi connectivity index (χ3n) is 4.29. The van der Waals surface area contributed by atoms with Gasteiger partial charge >= 0.3 is 5.97 Å². The van der Waals surface area contributed by atoms with E-state index in [4.69, 9.17) is 9.47 Å². The number of carbonyl (C=O) groups is 1. The maximum atomic E-state index is 12.0. The number of allylic oxidation sites excluding steroid dienone is 1. The zero-order valence-corrected chi connectivity index (χ0v) is 14.5. The van der Waals surface area contributed by atoms with Crippen LogP contribution in [-0.4, -0.2) is 13.1 Å². The average molecular weight is 322 g/mol. The predicted molar refractivity (Wildman–Crippen MR) is 94.2 cm³/mol. The Morgan fingerprint density at radius 1 is 1.08 bits per heavy atom. The largest absolute Gasteiger partial charge is 0.463 e. The molecule has 1 heterocycles. The van der Waals surface area contributed by atoms with E-state index in [1.165, 1.54) is 12.7 Å². The monoisotopic (exact) mass is 322 g/mol. The van der Waals surface area contributed by atoms with Crippen LogP contribution < -0.4 is 4.74 Å². The van der Waals surface area contributed by atoms with E-state index in [9.17, 15) is 4.79 Å². The van der Waals surface area contributed by atoms with Gasteiger partial charge in [0.1, 0.15) is 5.75 Å². The first-order valence-corrected chi connectivity index (χ1v) is 8.07. The van der Waals surface area contributed by atoms with E-state index in [2.05, 4.69) is 45.0 Å². The molecular weight excluding hydrogens is 300 g/mol. The van der Waals surface area contributed by atoms with E-state index in [-0.39, 0.29) is 17.1 Å². The summed E-state index contributed by atoms with van der Waals surface area (Å²) in [6.07, 6.45) is 1.84. The highest BCUT2D eigenvalue weighted by Gasteiger charge is 2.28. The van der Waals surface area contributed by atoms with Crippen LogP contribution >= 0.6 is 0 Å². The molecule has 3 heteroatoms. The molecule has 0 bridgehead atoms. The number of benzene rings is 2. The SMILES string of the molecule is COC(=O)C1=C[C@@H](c2ccccc2)c2cc(C(C)(C)C)ccc2O1. The summed E-state index contributed by atoms with van der Waals surface area (Å²) in [4.78, 5) is 12.0. The standard InChI is InChI=1S/C21H22O3/c1-21(2,3)15-10-11-18-17(12-15)16(14-8-6-5-7-9-14)13-19(24-18)20(22)23-4/h5-13,16H,1-4H3/t16-/m0/s1. The van der Waals surface area contributed by atoms with Gasteiger partial charge in [0.05, 0.1) is 7.11 Å². The molecule has 1 aliphatic heterocycles. The number of methoxy groups -OCH3 is 1. The Balaban J connectivity index is 2.14. The molecule has 1 aliphatic rings. The van der Waals surface area contributed by atoms with Crippen LogP contribution in [0.1, 0.15) is 43.4 Å². The first-order chi connectivity index (χ1) is 11.4. The molecule has 3 nitrogen and oxygen atoms in total. The van der Waals surface area contributed by atoms with Crippen LogP contribution in [0.4, 0.5) is 0 Å². The van der Waals surface area contributed by atoms with Gasteiger partial charge in [-0.3, -0.25) is 0 Å². The van der Waals surface area contributed by atoms with Gasteiger partial charge in [-0.15, -0.1) is 0 Å². The van der Waals surface area contributed by atoms with Gasteiger partial charge in [-0.25, -0.2) is 4.79 Å². The molecule has 2 aromatic carbocycles. The first-order valence-electron chi connectivity index (χ1n) is 8.07. The molecule has 3 rings (SSSR count). The zero-order chi connectivity index (χ0) is 17.3. The predicted octanol–water partition coefficient (Wildman–Crippen LogP) is 4.57. The smallest absolute Gasteiger partial charge is 0.373 e. The van der Waals surface area contributed by atoms with E-state index in [1.54, 1.807) is 0 Å². The summed E-state index contributed by atoms with van der Waals surface area (Å²) < 4.78 is 10.6. The summed E-state index contributed by atoms with van der Waals surface area (Å²) >= 11 is 0. The maximum absolute atomic E-state index is 12.0. The molecule has 24 heavy (non-hydrogen) atoms. The summed E-state index contributed by atoms with van der Waals surface area (Å²) in [6, 6.07) is 16.3.